The Morgan fingerprint density at radius 1 is 1.33 bits per heavy atom. The van der Waals surface area contributed by atoms with Crippen LogP contribution in [0.4, 0.5) is 4.39 Å². The summed E-state index contributed by atoms with van der Waals surface area (Å²) in [7, 11) is 0. The molecule has 0 bridgehead atoms. The fourth-order valence-corrected chi connectivity index (χ4v) is 2.01. The first kappa shape index (κ1) is 12.5. The van der Waals surface area contributed by atoms with Gasteiger partial charge in [0.15, 0.2) is 5.16 Å². The number of carboxylic acid groups (broad SMARTS) is 1. The van der Waals surface area contributed by atoms with Crippen molar-refractivity contribution in [2.75, 3.05) is 0 Å². The van der Waals surface area contributed by atoms with Gasteiger partial charge in [0.2, 0.25) is 0 Å². The van der Waals surface area contributed by atoms with Crippen molar-refractivity contribution in [2.45, 2.75) is 17.0 Å². The van der Waals surface area contributed by atoms with Gasteiger partial charge in [-0.25, -0.2) is 19.2 Å². The number of rotatable bonds is 3. The van der Waals surface area contributed by atoms with E-state index < -0.39 is 11.8 Å². The van der Waals surface area contributed by atoms with Crippen molar-refractivity contribution in [2.24, 2.45) is 0 Å². The highest BCUT2D eigenvalue weighted by molar-refractivity contribution is 7.99. The number of halogens is 1. The van der Waals surface area contributed by atoms with E-state index in [4.69, 9.17) is 5.11 Å². The standard InChI is InChI=1S/C12H9FN2O2S/c1-7-5-14-12(15-6-7)18-8-2-3-10(13)9(4-8)11(16)17/h2-6H,1H3,(H,16,17). The third-order valence-corrected chi connectivity index (χ3v) is 3.02. The SMILES string of the molecule is Cc1cnc(Sc2ccc(F)c(C(=O)O)c2)nc1. The number of aromatic carboxylic acids is 1. The zero-order valence-electron chi connectivity index (χ0n) is 9.42. The maximum absolute atomic E-state index is 13.2. The van der Waals surface area contributed by atoms with Crippen molar-refractivity contribution in [1.29, 1.82) is 0 Å². The average Bonchev–Trinajstić information content (AvgIpc) is 2.34. The van der Waals surface area contributed by atoms with Gasteiger partial charge in [-0.1, -0.05) is 0 Å². The fourth-order valence-electron chi connectivity index (χ4n) is 1.27. The Hall–Kier alpha value is -1.95. The number of hydrogen-bond donors (Lipinski definition) is 1. The third-order valence-electron chi connectivity index (χ3n) is 2.13. The van der Waals surface area contributed by atoms with E-state index >= 15 is 0 Å². The molecule has 0 saturated heterocycles. The Bertz CT molecular complexity index is 587. The lowest BCUT2D eigenvalue weighted by Gasteiger charge is -2.02. The summed E-state index contributed by atoms with van der Waals surface area (Å²) in [6.07, 6.45) is 3.33. The molecular weight excluding hydrogens is 255 g/mol. The Kier molecular flexibility index (Phi) is 3.57. The van der Waals surface area contributed by atoms with Crippen molar-refractivity contribution < 1.29 is 14.3 Å². The van der Waals surface area contributed by atoms with Crippen LogP contribution in [0.3, 0.4) is 0 Å². The predicted molar refractivity (Wildman–Crippen MR) is 64.3 cm³/mol. The predicted octanol–water partition coefficient (Wildman–Crippen LogP) is 2.77. The summed E-state index contributed by atoms with van der Waals surface area (Å²) in [6.45, 7) is 1.87. The zero-order valence-corrected chi connectivity index (χ0v) is 10.2. The molecule has 6 heteroatoms. The topological polar surface area (TPSA) is 63.1 Å². The van der Waals surface area contributed by atoms with E-state index in [1.807, 2.05) is 6.92 Å². The highest BCUT2D eigenvalue weighted by Crippen LogP contribution is 2.26. The summed E-state index contributed by atoms with van der Waals surface area (Å²) in [6, 6.07) is 3.89. The summed E-state index contributed by atoms with van der Waals surface area (Å²) < 4.78 is 13.2. The quantitative estimate of drug-likeness (QED) is 0.864. The maximum Gasteiger partial charge on any atom is 0.338 e. The van der Waals surface area contributed by atoms with Crippen molar-refractivity contribution >= 4 is 17.7 Å². The molecule has 0 unspecified atom stereocenters. The van der Waals surface area contributed by atoms with Gasteiger partial charge in [-0.3, -0.25) is 0 Å². The number of nitrogens with zero attached hydrogens (tertiary/aromatic N) is 2. The van der Waals surface area contributed by atoms with Gasteiger partial charge in [0.1, 0.15) is 5.82 Å². The molecule has 0 saturated carbocycles. The van der Waals surface area contributed by atoms with Gasteiger partial charge < -0.3 is 5.11 Å². The molecule has 0 aliphatic carbocycles. The van der Waals surface area contributed by atoms with Crippen molar-refractivity contribution in [1.82, 2.24) is 9.97 Å². The molecule has 1 aromatic carbocycles. The Balaban J connectivity index is 2.27. The van der Waals surface area contributed by atoms with Crippen LogP contribution in [0.15, 0.2) is 40.6 Å². The summed E-state index contributed by atoms with van der Waals surface area (Å²) in [4.78, 5) is 19.5. The molecule has 0 amide bonds. The lowest BCUT2D eigenvalue weighted by Crippen LogP contribution is -2.00. The molecule has 92 valence electrons. The van der Waals surface area contributed by atoms with Crippen LogP contribution >= 0.6 is 11.8 Å². The monoisotopic (exact) mass is 264 g/mol. The van der Waals surface area contributed by atoms with Gasteiger partial charge in [-0.05, 0) is 42.4 Å². The van der Waals surface area contributed by atoms with Gasteiger partial charge in [0.05, 0.1) is 5.56 Å². The Morgan fingerprint density at radius 2 is 2.00 bits per heavy atom. The van der Waals surface area contributed by atoms with Crippen LogP contribution in [0, 0.1) is 12.7 Å². The highest BCUT2D eigenvalue weighted by Gasteiger charge is 2.11. The number of aromatic nitrogens is 2. The second-order valence-electron chi connectivity index (χ2n) is 3.59. The summed E-state index contributed by atoms with van der Waals surface area (Å²) in [5, 5.41) is 9.30. The fraction of sp³-hybridized carbons (Fsp3) is 0.0833. The van der Waals surface area contributed by atoms with Crippen LogP contribution in [0.2, 0.25) is 0 Å². The zero-order chi connectivity index (χ0) is 13.1. The van der Waals surface area contributed by atoms with E-state index in [9.17, 15) is 9.18 Å². The highest BCUT2D eigenvalue weighted by atomic mass is 32.2. The molecule has 2 aromatic rings. The first-order chi connectivity index (χ1) is 8.56. The minimum atomic E-state index is -1.29. The first-order valence-corrected chi connectivity index (χ1v) is 5.87. The lowest BCUT2D eigenvalue weighted by atomic mass is 10.2. The molecule has 4 nitrogen and oxygen atoms in total. The molecule has 0 aliphatic heterocycles. The van der Waals surface area contributed by atoms with Crippen LogP contribution in [0.1, 0.15) is 15.9 Å². The van der Waals surface area contributed by atoms with Crippen LogP contribution in [0.25, 0.3) is 0 Å². The second-order valence-corrected chi connectivity index (χ2v) is 4.63. The second kappa shape index (κ2) is 5.14. The normalized spacial score (nSPS) is 10.3. The molecule has 1 heterocycles. The molecule has 1 aromatic heterocycles. The number of aryl methyl sites for hydroxylation is 1. The van der Waals surface area contributed by atoms with Crippen LogP contribution in [-0.4, -0.2) is 21.0 Å². The Labute approximate surface area is 107 Å². The Morgan fingerprint density at radius 3 is 2.61 bits per heavy atom. The van der Waals surface area contributed by atoms with Crippen molar-refractivity contribution in [3.63, 3.8) is 0 Å². The molecule has 0 radical (unpaired) electrons. The van der Waals surface area contributed by atoms with E-state index in [2.05, 4.69) is 9.97 Å². The van der Waals surface area contributed by atoms with E-state index in [0.717, 1.165) is 11.6 Å². The molecular formula is C12H9FN2O2S. The minimum absolute atomic E-state index is 0.355. The van der Waals surface area contributed by atoms with Crippen LogP contribution in [-0.2, 0) is 0 Å². The van der Waals surface area contributed by atoms with Gasteiger partial charge >= 0.3 is 5.97 Å². The van der Waals surface area contributed by atoms with Gasteiger partial charge in [0.25, 0.3) is 0 Å². The lowest BCUT2D eigenvalue weighted by molar-refractivity contribution is 0.0691. The molecule has 0 spiro atoms. The van der Waals surface area contributed by atoms with Crippen LogP contribution < -0.4 is 0 Å². The summed E-state index contributed by atoms with van der Waals surface area (Å²) in [5.41, 5.74) is 0.580. The summed E-state index contributed by atoms with van der Waals surface area (Å²) >= 11 is 1.18. The van der Waals surface area contributed by atoms with Crippen LogP contribution in [0.5, 0.6) is 0 Å². The number of carbonyl (C=O) groups is 1. The van der Waals surface area contributed by atoms with E-state index in [-0.39, 0.29) is 5.56 Å². The number of benzene rings is 1. The largest absolute Gasteiger partial charge is 0.478 e. The van der Waals surface area contributed by atoms with E-state index in [0.29, 0.717) is 10.1 Å². The van der Waals surface area contributed by atoms with E-state index in [1.54, 1.807) is 12.4 Å². The number of hydrogen-bond acceptors (Lipinski definition) is 4. The van der Waals surface area contributed by atoms with Gasteiger partial charge in [-0.15, -0.1) is 0 Å². The van der Waals surface area contributed by atoms with Crippen molar-refractivity contribution in [3.05, 3.63) is 47.5 Å². The third kappa shape index (κ3) is 2.84. The molecule has 2 rings (SSSR count). The van der Waals surface area contributed by atoms with Crippen molar-refractivity contribution in [3.8, 4) is 0 Å². The maximum atomic E-state index is 13.2. The van der Waals surface area contributed by atoms with Gasteiger partial charge in [0, 0.05) is 17.3 Å². The molecule has 0 fully saturated rings. The molecule has 18 heavy (non-hydrogen) atoms. The van der Waals surface area contributed by atoms with Gasteiger partial charge in [-0.2, -0.15) is 0 Å². The smallest absolute Gasteiger partial charge is 0.338 e. The minimum Gasteiger partial charge on any atom is -0.478 e. The number of carboxylic acids is 1. The summed E-state index contributed by atoms with van der Waals surface area (Å²) in [5.74, 6) is -2.04. The molecule has 1 N–H and O–H groups in total. The molecule has 0 atom stereocenters. The van der Waals surface area contributed by atoms with E-state index in [1.165, 1.54) is 23.9 Å². The first-order valence-electron chi connectivity index (χ1n) is 5.05. The molecule has 0 aliphatic rings. The average molecular weight is 264 g/mol.